The molecule has 0 unspecified atom stereocenters. The minimum atomic E-state index is -0.413. The molecule has 1 rings (SSSR count). The second kappa shape index (κ2) is 9.50. The SMILES string of the molecule is COCC[C@H](CO)NC(=O)Nc1ccc(OC(C)C)c(Cl)c1. The summed E-state index contributed by atoms with van der Waals surface area (Å²) >= 11 is 6.11. The van der Waals surface area contributed by atoms with Gasteiger partial charge in [-0.3, -0.25) is 0 Å². The van der Waals surface area contributed by atoms with Crippen molar-refractivity contribution in [2.45, 2.75) is 32.4 Å². The highest BCUT2D eigenvalue weighted by molar-refractivity contribution is 6.32. The van der Waals surface area contributed by atoms with Crippen LogP contribution in [0.5, 0.6) is 5.75 Å². The van der Waals surface area contributed by atoms with Gasteiger partial charge < -0.3 is 25.2 Å². The average molecular weight is 331 g/mol. The van der Waals surface area contributed by atoms with E-state index < -0.39 is 6.03 Å². The van der Waals surface area contributed by atoms with Gasteiger partial charge in [0.2, 0.25) is 0 Å². The minimum absolute atomic E-state index is 0.0192. The van der Waals surface area contributed by atoms with Crippen molar-refractivity contribution in [3.05, 3.63) is 23.2 Å². The van der Waals surface area contributed by atoms with Crippen LogP contribution in [-0.4, -0.2) is 43.6 Å². The monoisotopic (exact) mass is 330 g/mol. The molecular weight excluding hydrogens is 308 g/mol. The number of hydrogen-bond donors (Lipinski definition) is 3. The van der Waals surface area contributed by atoms with Gasteiger partial charge in [-0.1, -0.05) is 11.6 Å². The number of nitrogens with one attached hydrogen (secondary N) is 2. The summed E-state index contributed by atoms with van der Waals surface area (Å²) in [5, 5.41) is 14.9. The minimum Gasteiger partial charge on any atom is -0.489 e. The molecule has 0 heterocycles. The number of halogens is 1. The molecule has 2 amide bonds. The van der Waals surface area contributed by atoms with Crippen LogP contribution in [0, 0.1) is 0 Å². The number of carbonyl (C=O) groups is 1. The van der Waals surface area contributed by atoms with E-state index in [2.05, 4.69) is 10.6 Å². The maximum absolute atomic E-state index is 11.9. The first kappa shape index (κ1) is 18.5. The summed E-state index contributed by atoms with van der Waals surface area (Å²) in [6, 6.07) is 4.24. The number of urea groups is 1. The fourth-order valence-electron chi connectivity index (χ4n) is 1.75. The van der Waals surface area contributed by atoms with Gasteiger partial charge in [0.25, 0.3) is 0 Å². The van der Waals surface area contributed by atoms with Crippen LogP contribution >= 0.6 is 11.6 Å². The van der Waals surface area contributed by atoms with Crippen molar-refractivity contribution < 1.29 is 19.4 Å². The molecule has 3 N–H and O–H groups in total. The molecule has 0 spiro atoms. The van der Waals surface area contributed by atoms with Crippen LogP contribution in [0.25, 0.3) is 0 Å². The lowest BCUT2D eigenvalue weighted by atomic mass is 10.2. The van der Waals surface area contributed by atoms with Crippen LogP contribution < -0.4 is 15.4 Å². The van der Waals surface area contributed by atoms with Gasteiger partial charge in [-0.25, -0.2) is 4.79 Å². The highest BCUT2D eigenvalue weighted by Crippen LogP contribution is 2.28. The molecule has 0 saturated heterocycles. The predicted molar refractivity (Wildman–Crippen MR) is 86.7 cm³/mol. The maximum atomic E-state index is 11.9. The van der Waals surface area contributed by atoms with Gasteiger partial charge >= 0.3 is 6.03 Å². The summed E-state index contributed by atoms with van der Waals surface area (Å²) < 4.78 is 10.4. The van der Waals surface area contributed by atoms with Crippen LogP contribution in [0.15, 0.2) is 18.2 Å². The smallest absolute Gasteiger partial charge is 0.319 e. The second-order valence-electron chi connectivity index (χ2n) is 5.07. The Morgan fingerprint density at radius 3 is 2.68 bits per heavy atom. The van der Waals surface area contributed by atoms with Crippen LogP contribution in [-0.2, 0) is 4.74 Å². The molecule has 0 aliphatic heterocycles. The van der Waals surface area contributed by atoms with Crippen molar-refractivity contribution in [3.8, 4) is 5.75 Å². The predicted octanol–water partition coefficient (Wildman–Crippen LogP) is 2.65. The zero-order valence-corrected chi connectivity index (χ0v) is 13.8. The summed E-state index contributed by atoms with van der Waals surface area (Å²) in [5.74, 6) is 0.566. The highest BCUT2D eigenvalue weighted by Gasteiger charge is 2.12. The Morgan fingerprint density at radius 2 is 2.14 bits per heavy atom. The number of anilines is 1. The van der Waals surface area contributed by atoms with E-state index in [0.717, 1.165) is 0 Å². The van der Waals surface area contributed by atoms with Gasteiger partial charge in [0, 0.05) is 19.4 Å². The van der Waals surface area contributed by atoms with Crippen LogP contribution in [0.1, 0.15) is 20.3 Å². The number of aliphatic hydroxyl groups excluding tert-OH is 1. The Kier molecular flexibility index (Phi) is 8.01. The number of amides is 2. The number of carbonyl (C=O) groups excluding carboxylic acids is 1. The summed E-state index contributed by atoms with van der Waals surface area (Å²) in [5.41, 5.74) is 0.544. The van der Waals surface area contributed by atoms with Crippen molar-refractivity contribution in [1.29, 1.82) is 0 Å². The molecule has 0 aliphatic carbocycles. The van der Waals surface area contributed by atoms with Crippen LogP contribution in [0.2, 0.25) is 5.02 Å². The van der Waals surface area contributed by atoms with E-state index in [1.165, 1.54) is 0 Å². The first-order valence-electron chi connectivity index (χ1n) is 7.09. The molecule has 1 aromatic rings. The summed E-state index contributed by atoms with van der Waals surface area (Å²) in [7, 11) is 1.57. The molecule has 0 aromatic heterocycles. The van der Waals surface area contributed by atoms with Crippen molar-refractivity contribution in [2.24, 2.45) is 0 Å². The van der Waals surface area contributed by atoms with Gasteiger partial charge in [-0.15, -0.1) is 0 Å². The normalized spacial score (nSPS) is 12.1. The lowest BCUT2D eigenvalue weighted by Gasteiger charge is -2.17. The summed E-state index contributed by atoms with van der Waals surface area (Å²) in [4.78, 5) is 11.9. The largest absolute Gasteiger partial charge is 0.489 e. The van der Waals surface area contributed by atoms with Crippen molar-refractivity contribution in [2.75, 3.05) is 25.6 Å². The van der Waals surface area contributed by atoms with Gasteiger partial charge in [0.05, 0.1) is 23.8 Å². The highest BCUT2D eigenvalue weighted by atomic mass is 35.5. The fourth-order valence-corrected chi connectivity index (χ4v) is 1.97. The first-order chi connectivity index (χ1) is 10.5. The molecule has 124 valence electrons. The van der Waals surface area contributed by atoms with Crippen LogP contribution in [0.3, 0.4) is 0 Å². The zero-order chi connectivity index (χ0) is 16.5. The lowest BCUT2D eigenvalue weighted by Crippen LogP contribution is -2.40. The van der Waals surface area contributed by atoms with Crippen molar-refractivity contribution in [1.82, 2.24) is 5.32 Å². The van der Waals surface area contributed by atoms with Gasteiger partial charge in [-0.05, 0) is 38.5 Å². The Labute approximate surface area is 135 Å². The molecule has 0 fully saturated rings. The molecule has 0 aliphatic rings. The summed E-state index contributed by atoms with van der Waals surface area (Å²) in [6.45, 7) is 4.12. The molecule has 0 radical (unpaired) electrons. The van der Waals surface area contributed by atoms with E-state index in [0.29, 0.717) is 29.5 Å². The Balaban J connectivity index is 2.58. The summed E-state index contributed by atoms with van der Waals surface area (Å²) in [6.07, 6.45) is 0.549. The fraction of sp³-hybridized carbons (Fsp3) is 0.533. The number of hydrogen-bond acceptors (Lipinski definition) is 4. The molecular formula is C15H23ClN2O4. The standard InChI is InChI=1S/C15H23ClN2O4/c1-10(2)22-14-5-4-11(8-13(14)16)17-15(20)18-12(9-19)6-7-21-3/h4-5,8,10,12,19H,6-7,9H2,1-3H3,(H2,17,18,20)/t12-/m1/s1. The third kappa shape index (κ3) is 6.51. The van der Waals surface area contributed by atoms with E-state index in [1.54, 1.807) is 25.3 Å². The first-order valence-corrected chi connectivity index (χ1v) is 7.47. The molecule has 6 nitrogen and oxygen atoms in total. The third-order valence-corrected chi connectivity index (χ3v) is 3.07. The topological polar surface area (TPSA) is 79.8 Å². The quantitative estimate of drug-likeness (QED) is 0.684. The molecule has 22 heavy (non-hydrogen) atoms. The lowest BCUT2D eigenvalue weighted by molar-refractivity contribution is 0.161. The molecule has 1 aromatic carbocycles. The Bertz CT molecular complexity index is 483. The van der Waals surface area contributed by atoms with Gasteiger partial charge in [0.1, 0.15) is 5.75 Å². The number of benzene rings is 1. The van der Waals surface area contributed by atoms with Gasteiger partial charge in [0.15, 0.2) is 0 Å². The molecule has 0 bridgehead atoms. The Morgan fingerprint density at radius 1 is 1.41 bits per heavy atom. The molecule has 0 saturated carbocycles. The third-order valence-electron chi connectivity index (χ3n) is 2.78. The van der Waals surface area contributed by atoms with E-state index in [1.807, 2.05) is 13.8 Å². The van der Waals surface area contributed by atoms with E-state index >= 15 is 0 Å². The second-order valence-corrected chi connectivity index (χ2v) is 5.48. The zero-order valence-electron chi connectivity index (χ0n) is 13.1. The number of methoxy groups -OCH3 is 1. The maximum Gasteiger partial charge on any atom is 0.319 e. The van der Waals surface area contributed by atoms with Crippen LogP contribution in [0.4, 0.5) is 10.5 Å². The average Bonchev–Trinajstić information content (AvgIpc) is 2.46. The van der Waals surface area contributed by atoms with Crippen molar-refractivity contribution in [3.63, 3.8) is 0 Å². The van der Waals surface area contributed by atoms with Crippen molar-refractivity contribution >= 4 is 23.3 Å². The molecule has 1 atom stereocenters. The van der Waals surface area contributed by atoms with E-state index in [4.69, 9.17) is 21.1 Å². The number of rotatable bonds is 8. The van der Waals surface area contributed by atoms with E-state index in [-0.39, 0.29) is 18.8 Å². The van der Waals surface area contributed by atoms with Gasteiger partial charge in [-0.2, -0.15) is 0 Å². The molecule has 7 heteroatoms. The van der Waals surface area contributed by atoms with E-state index in [9.17, 15) is 9.90 Å². The Hall–Kier alpha value is -1.50. The number of ether oxygens (including phenoxy) is 2. The number of aliphatic hydroxyl groups is 1.